The van der Waals surface area contributed by atoms with E-state index < -0.39 is 0 Å². The minimum absolute atomic E-state index is 0.0408. The highest BCUT2D eigenvalue weighted by atomic mass is 16.6. The van der Waals surface area contributed by atoms with Crippen LogP contribution in [-0.2, 0) is 9.47 Å². The summed E-state index contributed by atoms with van der Waals surface area (Å²) in [6, 6.07) is 3.40. The third-order valence-electron chi connectivity index (χ3n) is 6.06. The van der Waals surface area contributed by atoms with Crippen LogP contribution in [0, 0.1) is 5.92 Å². The summed E-state index contributed by atoms with van der Waals surface area (Å²) in [5.74, 6) is 1.35. The van der Waals surface area contributed by atoms with Crippen molar-refractivity contribution >= 4 is 5.91 Å². The van der Waals surface area contributed by atoms with Crippen LogP contribution in [0.4, 0.5) is 0 Å². The van der Waals surface area contributed by atoms with E-state index in [9.17, 15) is 4.79 Å². The molecule has 1 aromatic heterocycles. The number of likely N-dealkylation sites (tertiary alicyclic amines) is 1. The normalized spacial score (nSPS) is 31.8. The fourth-order valence-corrected chi connectivity index (χ4v) is 4.30. The van der Waals surface area contributed by atoms with Gasteiger partial charge in [-0.1, -0.05) is 0 Å². The van der Waals surface area contributed by atoms with Crippen molar-refractivity contribution in [2.75, 3.05) is 27.4 Å². The van der Waals surface area contributed by atoms with Crippen molar-refractivity contribution in [3.63, 3.8) is 0 Å². The number of carbonyl (C=O) groups is 1. The average molecular weight is 349 g/mol. The SMILES string of the molecule is COc1ccc(C(=O)N2CCC3(OC)CCC(OCC4CC4)CC23)o1. The van der Waals surface area contributed by atoms with Gasteiger partial charge in [-0.25, -0.2) is 0 Å². The second-order valence-electron chi connectivity index (χ2n) is 7.53. The van der Waals surface area contributed by atoms with Crippen LogP contribution < -0.4 is 4.74 Å². The Labute approximate surface area is 148 Å². The van der Waals surface area contributed by atoms with Crippen molar-refractivity contribution in [1.29, 1.82) is 0 Å². The smallest absolute Gasteiger partial charge is 0.290 e. The number of methoxy groups -OCH3 is 2. The Bertz CT molecular complexity index is 625. The van der Waals surface area contributed by atoms with Gasteiger partial charge in [-0.2, -0.15) is 0 Å². The van der Waals surface area contributed by atoms with Gasteiger partial charge >= 0.3 is 0 Å². The summed E-state index contributed by atoms with van der Waals surface area (Å²) in [7, 11) is 3.30. The molecule has 0 bridgehead atoms. The first-order valence-electron chi connectivity index (χ1n) is 9.27. The number of furan rings is 1. The molecule has 1 aromatic rings. The highest BCUT2D eigenvalue weighted by molar-refractivity contribution is 5.92. The molecule has 0 N–H and O–H groups in total. The molecule has 3 fully saturated rings. The van der Waals surface area contributed by atoms with Gasteiger partial charge in [-0.05, 0) is 50.5 Å². The standard InChI is InChI=1S/C19H27NO5/c1-22-17-6-5-15(25-17)18(21)20-10-9-19(23-2)8-7-14(11-16(19)20)24-12-13-3-4-13/h5-6,13-14,16H,3-4,7-12H2,1-2H3. The lowest BCUT2D eigenvalue weighted by Gasteiger charge is -2.43. The van der Waals surface area contributed by atoms with Crippen LogP contribution in [0.5, 0.6) is 5.95 Å². The van der Waals surface area contributed by atoms with Gasteiger partial charge in [-0.15, -0.1) is 0 Å². The topological polar surface area (TPSA) is 61.1 Å². The number of amides is 1. The Kier molecular flexibility index (Phi) is 4.50. The van der Waals surface area contributed by atoms with Crippen LogP contribution in [-0.4, -0.2) is 55.9 Å². The molecule has 1 amide bonds. The van der Waals surface area contributed by atoms with Crippen molar-refractivity contribution in [1.82, 2.24) is 4.90 Å². The number of fused-ring (bicyclic) bond motifs is 1. The molecule has 3 atom stereocenters. The molecule has 3 unspecified atom stereocenters. The van der Waals surface area contributed by atoms with Crippen LogP contribution in [0.2, 0.25) is 0 Å². The lowest BCUT2D eigenvalue weighted by atomic mass is 9.79. The van der Waals surface area contributed by atoms with Gasteiger partial charge in [0.1, 0.15) is 0 Å². The molecule has 2 saturated carbocycles. The molecule has 0 radical (unpaired) electrons. The fraction of sp³-hybridized carbons (Fsp3) is 0.737. The van der Waals surface area contributed by atoms with E-state index >= 15 is 0 Å². The van der Waals surface area contributed by atoms with E-state index in [4.69, 9.17) is 18.6 Å². The van der Waals surface area contributed by atoms with Gasteiger partial charge in [0.15, 0.2) is 5.76 Å². The zero-order chi connectivity index (χ0) is 17.4. The number of rotatable bonds is 6. The lowest BCUT2D eigenvalue weighted by Crippen LogP contribution is -2.53. The van der Waals surface area contributed by atoms with E-state index in [2.05, 4.69) is 0 Å². The molecule has 1 saturated heterocycles. The maximum atomic E-state index is 13.0. The lowest BCUT2D eigenvalue weighted by molar-refractivity contribution is -0.0979. The summed E-state index contributed by atoms with van der Waals surface area (Å²) in [6.45, 7) is 1.55. The van der Waals surface area contributed by atoms with Crippen molar-refractivity contribution in [2.24, 2.45) is 5.92 Å². The largest absolute Gasteiger partial charge is 0.468 e. The number of hydrogen-bond donors (Lipinski definition) is 0. The van der Waals surface area contributed by atoms with Crippen molar-refractivity contribution in [3.05, 3.63) is 17.9 Å². The molecule has 6 heteroatoms. The number of carbonyl (C=O) groups excluding carboxylic acids is 1. The van der Waals surface area contributed by atoms with Gasteiger partial charge in [0, 0.05) is 26.3 Å². The summed E-state index contributed by atoms with van der Waals surface area (Å²) in [5, 5.41) is 0. The van der Waals surface area contributed by atoms with Crippen molar-refractivity contribution in [3.8, 4) is 5.95 Å². The molecular weight excluding hydrogens is 322 g/mol. The molecule has 1 aliphatic heterocycles. The summed E-state index contributed by atoms with van der Waals surface area (Å²) < 4.78 is 22.6. The number of ether oxygens (including phenoxy) is 3. The Balaban J connectivity index is 1.48. The molecule has 2 heterocycles. The molecule has 4 rings (SSSR count). The molecule has 25 heavy (non-hydrogen) atoms. The van der Waals surface area contributed by atoms with E-state index in [1.165, 1.54) is 20.0 Å². The highest BCUT2D eigenvalue weighted by Gasteiger charge is 2.53. The summed E-state index contributed by atoms with van der Waals surface area (Å²) in [5.41, 5.74) is -0.244. The van der Waals surface area contributed by atoms with E-state index in [1.807, 2.05) is 4.90 Å². The first-order valence-corrected chi connectivity index (χ1v) is 9.27. The van der Waals surface area contributed by atoms with Crippen LogP contribution in [0.25, 0.3) is 0 Å². The van der Waals surface area contributed by atoms with Crippen LogP contribution in [0.1, 0.15) is 49.1 Å². The third kappa shape index (κ3) is 3.17. The highest BCUT2D eigenvalue weighted by Crippen LogP contribution is 2.44. The molecule has 0 aromatic carbocycles. The minimum atomic E-state index is -0.244. The number of hydrogen-bond acceptors (Lipinski definition) is 5. The van der Waals surface area contributed by atoms with Gasteiger partial charge in [0.2, 0.25) is 0 Å². The Morgan fingerprint density at radius 1 is 1.28 bits per heavy atom. The predicted octanol–water partition coefficient (Wildman–Crippen LogP) is 2.87. The molecule has 0 spiro atoms. The van der Waals surface area contributed by atoms with Gasteiger partial charge in [-0.3, -0.25) is 4.79 Å². The zero-order valence-electron chi connectivity index (χ0n) is 15.0. The number of nitrogens with zero attached hydrogens (tertiary/aromatic N) is 1. The molecule has 3 aliphatic rings. The predicted molar refractivity (Wildman–Crippen MR) is 90.8 cm³/mol. The second-order valence-corrected chi connectivity index (χ2v) is 7.53. The Morgan fingerprint density at radius 3 is 2.80 bits per heavy atom. The van der Waals surface area contributed by atoms with E-state index in [1.54, 1.807) is 19.2 Å². The Hall–Kier alpha value is -1.53. The summed E-state index contributed by atoms with van der Waals surface area (Å²) >= 11 is 0. The Morgan fingerprint density at radius 2 is 2.12 bits per heavy atom. The quantitative estimate of drug-likeness (QED) is 0.790. The van der Waals surface area contributed by atoms with Crippen molar-refractivity contribution in [2.45, 2.75) is 56.3 Å². The van der Waals surface area contributed by atoms with E-state index in [0.29, 0.717) is 18.3 Å². The maximum absolute atomic E-state index is 13.0. The van der Waals surface area contributed by atoms with Crippen LogP contribution >= 0.6 is 0 Å². The third-order valence-corrected chi connectivity index (χ3v) is 6.06. The molecule has 138 valence electrons. The van der Waals surface area contributed by atoms with E-state index in [0.717, 1.165) is 38.2 Å². The van der Waals surface area contributed by atoms with Crippen molar-refractivity contribution < 1.29 is 23.4 Å². The molecule has 2 aliphatic carbocycles. The minimum Gasteiger partial charge on any atom is -0.468 e. The zero-order valence-corrected chi connectivity index (χ0v) is 15.0. The van der Waals surface area contributed by atoms with E-state index in [-0.39, 0.29) is 23.7 Å². The summed E-state index contributed by atoms with van der Waals surface area (Å²) in [4.78, 5) is 14.9. The first kappa shape index (κ1) is 16.9. The first-order chi connectivity index (χ1) is 12.1. The maximum Gasteiger partial charge on any atom is 0.290 e. The fourth-order valence-electron chi connectivity index (χ4n) is 4.30. The molecular formula is C19H27NO5. The molecule has 6 nitrogen and oxygen atoms in total. The van der Waals surface area contributed by atoms with Gasteiger partial charge in [0.05, 0.1) is 24.9 Å². The van der Waals surface area contributed by atoms with Gasteiger partial charge < -0.3 is 23.5 Å². The van der Waals surface area contributed by atoms with Crippen LogP contribution in [0.3, 0.4) is 0 Å². The second kappa shape index (κ2) is 6.65. The average Bonchev–Trinajstić information content (AvgIpc) is 3.21. The van der Waals surface area contributed by atoms with Crippen LogP contribution in [0.15, 0.2) is 16.5 Å². The summed E-state index contributed by atoms with van der Waals surface area (Å²) in [6.07, 6.45) is 6.46. The van der Waals surface area contributed by atoms with Gasteiger partial charge in [0.25, 0.3) is 11.9 Å². The monoisotopic (exact) mass is 349 g/mol.